The molecule has 1 aliphatic carbocycles. The van der Waals surface area contributed by atoms with Crippen LogP contribution in [-0.4, -0.2) is 77.5 Å². The Kier molecular flexibility index (Phi) is 8.25. The van der Waals surface area contributed by atoms with Crippen LogP contribution < -0.4 is 0 Å². The molecule has 0 radical (unpaired) electrons. The molecule has 1 aromatic carbocycles. The summed E-state index contributed by atoms with van der Waals surface area (Å²) >= 11 is 0. The van der Waals surface area contributed by atoms with E-state index in [0.29, 0.717) is 38.3 Å². The first kappa shape index (κ1) is 26.3. The van der Waals surface area contributed by atoms with Gasteiger partial charge in [0.15, 0.2) is 5.78 Å². The van der Waals surface area contributed by atoms with Gasteiger partial charge < -0.3 is 24.2 Å². The van der Waals surface area contributed by atoms with Crippen molar-refractivity contribution in [2.75, 3.05) is 33.3 Å². The molecular formula is C27H37N3O5. The fourth-order valence-corrected chi connectivity index (χ4v) is 4.24. The highest BCUT2D eigenvalue weighted by Gasteiger charge is 2.34. The van der Waals surface area contributed by atoms with Crippen LogP contribution in [0.3, 0.4) is 0 Å². The summed E-state index contributed by atoms with van der Waals surface area (Å²) in [7, 11) is 1.63. The first-order valence-electron chi connectivity index (χ1n) is 12.1. The molecule has 1 aliphatic heterocycles. The van der Waals surface area contributed by atoms with Gasteiger partial charge in [-0.15, -0.1) is 0 Å². The Balaban J connectivity index is 1.75. The van der Waals surface area contributed by atoms with Crippen LogP contribution in [0, 0.1) is 5.92 Å². The standard InChI is InChI=1S/C27H37N3O5/c1-19-17-23(34-6)11-12-24(19)30(18-21-7-9-22(10-8-21)20(2)31)25(32)28-13-15-29(16-14-28)26(33)35-27(3,4)5/h7-12,17,19,24H,13-16,18H2,1-6H3. The highest BCUT2D eigenvalue weighted by Crippen LogP contribution is 2.26. The van der Waals surface area contributed by atoms with Crippen molar-refractivity contribution in [1.82, 2.24) is 14.7 Å². The molecule has 0 saturated carbocycles. The molecule has 1 saturated heterocycles. The van der Waals surface area contributed by atoms with E-state index in [9.17, 15) is 14.4 Å². The minimum absolute atomic E-state index is 0.00779. The van der Waals surface area contributed by atoms with Gasteiger partial charge in [-0.05, 0) is 45.4 Å². The highest BCUT2D eigenvalue weighted by atomic mass is 16.6. The van der Waals surface area contributed by atoms with Crippen LogP contribution in [0.1, 0.15) is 50.5 Å². The number of rotatable bonds is 5. The number of ketones is 1. The fraction of sp³-hybridized carbons (Fsp3) is 0.519. The summed E-state index contributed by atoms with van der Waals surface area (Å²) in [4.78, 5) is 43.1. The fourth-order valence-electron chi connectivity index (χ4n) is 4.24. The van der Waals surface area contributed by atoms with Gasteiger partial charge in [0.2, 0.25) is 0 Å². The van der Waals surface area contributed by atoms with Gasteiger partial charge in [-0.3, -0.25) is 4.79 Å². The zero-order valence-electron chi connectivity index (χ0n) is 21.6. The largest absolute Gasteiger partial charge is 0.497 e. The summed E-state index contributed by atoms with van der Waals surface area (Å²) in [5.41, 5.74) is 1.03. The number of piperazine rings is 1. The Morgan fingerprint density at radius 1 is 1.03 bits per heavy atom. The lowest BCUT2D eigenvalue weighted by atomic mass is 9.94. The number of amides is 3. The smallest absolute Gasteiger partial charge is 0.410 e. The molecule has 2 unspecified atom stereocenters. The van der Waals surface area contributed by atoms with Crippen LogP contribution in [-0.2, 0) is 16.0 Å². The van der Waals surface area contributed by atoms with Crippen LogP contribution in [0.4, 0.5) is 9.59 Å². The molecule has 2 atom stereocenters. The van der Waals surface area contributed by atoms with Crippen molar-refractivity contribution >= 4 is 17.9 Å². The summed E-state index contributed by atoms with van der Waals surface area (Å²) in [5.74, 6) is 0.838. The molecule has 1 heterocycles. The van der Waals surface area contributed by atoms with Gasteiger partial charge in [0.25, 0.3) is 0 Å². The van der Waals surface area contributed by atoms with E-state index in [0.717, 1.165) is 11.3 Å². The van der Waals surface area contributed by atoms with Gasteiger partial charge in [-0.1, -0.05) is 37.3 Å². The Morgan fingerprint density at radius 2 is 1.63 bits per heavy atom. The predicted octanol–water partition coefficient (Wildman–Crippen LogP) is 4.47. The van der Waals surface area contributed by atoms with E-state index in [2.05, 4.69) is 6.92 Å². The molecule has 3 amide bonds. The molecule has 8 nitrogen and oxygen atoms in total. The summed E-state index contributed by atoms with van der Waals surface area (Å²) in [6.07, 6.45) is 5.56. The molecule has 8 heteroatoms. The van der Waals surface area contributed by atoms with E-state index in [1.165, 1.54) is 6.92 Å². The SMILES string of the molecule is COC1=CC(C)C(N(Cc2ccc(C(C)=O)cc2)C(=O)N2CCN(C(=O)OC(C)(C)C)CC2)C=C1. The third kappa shape index (κ3) is 6.87. The summed E-state index contributed by atoms with van der Waals surface area (Å²) in [6.45, 7) is 11.2. The molecule has 35 heavy (non-hydrogen) atoms. The first-order chi connectivity index (χ1) is 16.5. The summed E-state index contributed by atoms with van der Waals surface area (Å²) in [5, 5.41) is 0. The maximum Gasteiger partial charge on any atom is 0.410 e. The number of benzene rings is 1. The van der Waals surface area contributed by atoms with Gasteiger partial charge in [0.05, 0.1) is 13.2 Å². The lowest BCUT2D eigenvalue weighted by Gasteiger charge is -2.41. The van der Waals surface area contributed by atoms with E-state index in [1.54, 1.807) is 29.0 Å². The second-order valence-corrected chi connectivity index (χ2v) is 10.1. The number of ether oxygens (including phenoxy) is 2. The quantitative estimate of drug-likeness (QED) is 0.578. The van der Waals surface area contributed by atoms with Crippen LogP contribution in [0.5, 0.6) is 0 Å². The van der Waals surface area contributed by atoms with E-state index in [4.69, 9.17) is 9.47 Å². The molecular weight excluding hydrogens is 446 g/mol. The van der Waals surface area contributed by atoms with Gasteiger partial charge in [-0.2, -0.15) is 0 Å². The van der Waals surface area contributed by atoms with E-state index >= 15 is 0 Å². The Bertz CT molecular complexity index is 985. The molecule has 1 fully saturated rings. The van der Waals surface area contributed by atoms with Gasteiger partial charge in [0.1, 0.15) is 11.4 Å². The molecule has 0 aromatic heterocycles. The van der Waals surface area contributed by atoms with Crippen LogP contribution in [0.2, 0.25) is 0 Å². The number of Topliss-reactive ketones (excluding diaryl/α,β-unsaturated/α-hetero) is 1. The van der Waals surface area contributed by atoms with E-state index in [1.807, 2.05) is 56.0 Å². The number of hydrogen-bond donors (Lipinski definition) is 0. The number of methoxy groups -OCH3 is 1. The van der Waals surface area contributed by atoms with Crippen molar-refractivity contribution in [2.45, 2.75) is 52.8 Å². The van der Waals surface area contributed by atoms with Gasteiger partial charge >= 0.3 is 12.1 Å². The topological polar surface area (TPSA) is 79.4 Å². The second-order valence-electron chi connectivity index (χ2n) is 10.1. The summed E-state index contributed by atoms with van der Waals surface area (Å²) < 4.78 is 10.8. The Labute approximate surface area is 208 Å². The molecule has 1 aromatic rings. The van der Waals surface area contributed by atoms with Crippen LogP contribution >= 0.6 is 0 Å². The first-order valence-corrected chi connectivity index (χ1v) is 12.1. The molecule has 0 spiro atoms. The number of nitrogens with zero attached hydrogens (tertiary/aromatic N) is 3. The minimum Gasteiger partial charge on any atom is -0.497 e. The predicted molar refractivity (Wildman–Crippen MR) is 134 cm³/mol. The Hall–Kier alpha value is -3.29. The lowest BCUT2D eigenvalue weighted by molar-refractivity contribution is 0.0151. The highest BCUT2D eigenvalue weighted by molar-refractivity contribution is 5.94. The molecule has 3 rings (SSSR count). The minimum atomic E-state index is -0.559. The number of carbonyl (C=O) groups is 3. The monoisotopic (exact) mass is 483 g/mol. The third-order valence-electron chi connectivity index (χ3n) is 6.18. The van der Waals surface area contributed by atoms with E-state index < -0.39 is 5.60 Å². The van der Waals surface area contributed by atoms with Gasteiger partial charge in [0, 0.05) is 44.2 Å². The molecule has 2 aliphatic rings. The van der Waals surface area contributed by atoms with Crippen molar-refractivity contribution in [2.24, 2.45) is 5.92 Å². The molecule has 0 N–H and O–H groups in total. The normalized spacial score (nSPS) is 20.2. The maximum absolute atomic E-state index is 13.8. The van der Waals surface area contributed by atoms with Crippen molar-refractivity contribution < 1.29 is 23.9 Å². The maximum atomic E-state index is 13.8. The second kappa shape index (κ2) is 11.0. The van der Waals surface area contributed by atoms with Crippen molar-refractivity contribution in [1.29, 1.82) is 0 Å². The van der Waals surface area contributed by atoms with Crippen LogP contribution in [0.15, 0.2) is 48.3 Å². The number of allylic oxidation sites excluding steroid dienone is 1. The average molecular weight is 484 g/mol. The van der Waals surface area contributed by atoms with Crippen molar-refractivity contribution in [3.05, 3.63) is 59.4 Å². The molecule has 190 valence electrons. The van der Waals surface area contributed by atoms with Crippen molar-refractivity contribution in [3.8, 4) is 0 Å². The van der Waals surface area contributed by atoms with Crippen LogP contribution in [0.25, 0.3) is 0 Å². The summed E-state index contributed by atoms with van der Waals surface area (Å²) in [6, 6.07) is 7.14. The zero-order valence-corrected chi connectivity index (χ0v) is 21.6. The molecule has 0 bridgehead atoms. The number of hydrogen-bond acceptors (Lipinski definition) is 5. The Morgan fingerprint density at radius 3 is 2.14 bits per heavy atom. The zero-order chi connectivity index (χ0) is 25.8. The number of urea groups is 1. The average Bonchev–Trinajstić information content (AvgIpc) is 2.81. The van der Waals surface area contributed by atoms with E-state index in [-0.39, 0.29) is 29.9 Å². The van der Waals surface area contributed by atoms with Crippen molar-refractivity contribution in [3.63, 3.8) is 0 Å². The number of carbonyl (C=O) groups excluding carboxylic acids is 3. The lowest BCUT2D eigenvalue weighted by Crippen LogP contribution is -2.56. The van der Waals surface area contributed by atoms with Gasteiger partial charge in [-0.25, -0.2) is 9.59 Å². The third-order valence-corrected chi connectivity index (χ3v) is 6.18.